The number of likely N-dealkylation sites (N-methyl/N-ethyl adjacent to an activating group) is 1. The maximum absolute atomic E-state index is 13.7. The van der Waals surface area contributed by atoms with E-state index in [-0.39, 0.29) is 11.4 Å². The summed E-state index contributed by atoms with van der Waals surface area (Å²) in [5.74, 6) is -0.179. The summed E-state index contributed by atoms with van der Waals surface area (Å²) in [6.07, 6.45) is 3.40. The minimum absolute atomic E-state index is 0.0677. The fraction of sp³-hybridized carbons (Fsp3) is 0.647. The van der Waals surface area contributed by atoms with Gasteiger partial charge < -0.3 is 5.32 Å². The van der Waals surface area contributed by atoms with Gasteiger partial charge in [0.2, 0.25) is 0 Å². The highest BCUT2D eigenvalue weighted by molar-refractivity contribution is 9.10. The van der Waals surface area contributed by atoms with Crippen LogP contribution >= 0.6 is 15.9 Å². The molecular formula is C17H26BrFN2. The van der Waals surface area contributed by atoms with E-state index in [4.69, 9.17) is 0 Å². The third-order valence-electron chi connectivity index (χ3n) is 4.68. The molecule has 2 nitrogen and oxygen atoms in total. The van der Waals surface area contributed by atoms with Gasteiger partial charge in [-0.25, -0.2) is 4.39 Å². The van der Waals surface area contributed by atoms with Crippen LogP contribution in [0.25, 0.3) is 0 Å². The first kappa shape index (κ1) is 16.9. The Hall–Kier alpha value is -0.450. The molecule has 0 bridgehead atoms. The normalized spacial score (nSPS) is 18.1. The Bertz CT molecular complexity index is 470. The molecule has 1 fully saturated rings. The molecule has 0 amide bonds. The summed E-state index contributed by atoms with van der Waals surface area (Å²) in [6, 6.07) is 5.61. The van der Waals surface area contributed by atoms with E-state index in [9.17, 15) is 4.39 Å². The molecule has 0 aliphatic carbocycles. The van der Waals surface area contributed by atoms with Gasteiger partial charge in [-0.3, -0.25) is 4.90 Å². The molecule has 1 aliphatic rings. The summed E-state index contributed by atoms with van der Waals surface area (Å²) >= 11 is 3.39. The number of nitrogens with one attached hydrogen (secondary N) is 1. The largest absolute Gasteiger partial charge is 0.312 e. The first-order chi connectivity index (χ1) is 9.96. The average Bonchev–Trinajstić information content (AvgIpc) is 2.98. The molecule has 1 N–H and O–H groups in total. The van der Waals surface area contributed by atoms with Crippen molar-refractivity contribution < 1.29 is 4.39 Å². The minimum atomic E-state index is -0.179. The van der Waals surface area contributed by atoms with Crippen LogP contribution in [0, 0.1) is 5.82 Å². The molecule has 1 saturated heterocycles. The molecule has 0 aromatic heterocycles. The summed E-state index contributed by atoms with van der Waals surface area (Å²) in [4.78, 5) is 2.56. The Balaban J connectivity index is 2.20. The Morgan fingerprint density at radius 1 is 1.33 bits per heavy atom. The molecule has 118 valence electrons. The number of halogens is 2. The maximum Gasteiger partial charge on any atom is 0.137 e. The SMILES string of the molecule is CCNC(Cc1cccc(F)c1Br)C(C)(C)N1CCCC1. The van der Waals surface area contributed by atoms with Crippen molar-refractivity contribution in [1.82, 2.24) is 10.2 Å². The van der Waals surface area contributed by atoms with E-state index in [2.05, 4.69) is 46.9 Å². The summed E-state index contributed by atoms with van der Waals surface area (Å²) in [7, 11) is 0. The van der Waals surface area contributed by atoms with Gasteiger partial charge in [-0.05, 0) is 80.3 Å². The smallest absolute Gasteiger partial charge is 0.137 e. The van der Waals surface area contributed by atoms with Gasteiger partial charge in [0.15, 0.2) is 0 Å². The van der Waals surface area contributed by atoms with Gasteiger partial charge in [0.1, 0.15) is 5.82 Å². The zero-order valence-electron chi connectivity index (χ0n) is 13.3. The third kappa shape index (κ3) is 3.85. The van der Waals surface area contributed by atoms with E-state index >= 15 is 0 Å². The van der Waals surface area contributed by atoms with Crippen molar-refractivity contribution >= 4 is 15.9 Å². The fourth-order valence-electron chi connectivity index (χ4n) is 3.26. The van der Waals surface area contributed by atoms with E-state index in [1.54, 1.807) is 6.07 Å². The number of nitrogens with zero attached hydrogens (tertiary/aromatic N) is 1. The first-order valence-electron chi connectivity index (χ1n) is 7.88. The van der Waals surface area contributed by atoms with E-state index < -0.39 is 0 Å². The summed E-state index contributed by atoms with van der Waals surface area (Å²) in [5.41, 5.74) is 1.10. The molecule has 1 aromatic carbocycles. The van der Waals surface area contributed by atoms with Gasteiger partial charge in [0, 0.05) is 11.6 Å². The van der Waals surface area contributed by atoms with Crippen LogP contribution < -0.4 is 5.32 Å². The third-order valence-corrected chi connectivity index (χ3v) is 5.57. The number of hydrogen-bond donors (Lipinski definition) is 1. The predicted molar refractivity (Wildman–Crippen MR) is 90.2 cm³/mol. The average molecular weight is 357 g/mol. The maximum atomic E-state index is 13.7. The highest BCUT2D eigenvalue weighted by Crippen LogP contribution is 2.29. The predicted octanol–water partition coefficient (Wildman–Crippen LogP) is 3.98. The number of rotatable bonds is 6. The van der Waals surface area contributed by atoms with E-state index in [0.717, 1.165) is 18.5 Å². The molecule has 1 aromatic rings. The molecule has 1 atom stereocenters. The number of benzene rings is 1. The van der Waals surface area contributed by atoms with Crippen LogP contribution in [0.2, 0.25) is 0 Å². The standard InChI is InChI=1S/C17H26BrFN2/c1-4-20-15(17(2,3)21-10-5-6-11-21)12-13-8-7-9-14(19)16(13)18/h7-9,15,20H,4-6,10-12H2,1-3H3. The molecular weight excluding hydrogens is 331 g/mol. The van der Waals surface area contributed by atoms with Crippen LogP contribution in [-0.2, 0) is 6.42 Å². The molecule has 4 heteroatoms. The van der Waals surface area contributed by atoms with Crippen molar-refractivity contribution in [2.75, 3.05) is 19.6 Å². The second-order valence-corrected chi connectivity index (χ2v) is 7.17. The molecule has 1 aliphatic heterocycles. The van der Waals surface area contributed by atoms with Crippen LogP contribution in [0.4, 0.5) is 4.39 Å². The molecule has 1 unspecified atom stereocenters. The highest BCUT2D eigenvalue weighted by Gasteiger charge is 2.36. The van der Waals surface area contributed by atoms with Gasteiger partial charge in [0.05, 0.1) is 4.47 Å². The van der Waals surface area contributed by atoms with Crippen molar-refractivity contribution in [3.8, 4) is 0 Å². The summed E-state index contributed by atoms with van der Waals surface area (Å²) in [6.45, 7) is 10.00. The second-order valence-electron chi connectivity index (χ2n) is 6.38. The molecule has 0 saturated carbocycles. The van der Waals surface area contributed by atoms with Crippen LogP contribution in [0.5, 0.6) is 0 Å². The highest BCUT2D eigenvalue weighted by atomic mass is 79.9. The lowest BCUT2D eigenvalue weighted by Crippen LogP contribution is -2.57. The van der Waals surface area contributed by atoms with Crippen molar-refractivity contribution in [3.63, 3.8) is 0 Å². The van der Waals surface area contributed by atoms with E-state index in [1.165, 1.54) is 32.0 Å². The van der Waals surface area contributed by atoms with Crippen LogP contribution in [-0.4, -0.2) is 36.1 Å². The topological polar surface area (TPSA) is 15.3 Å². The summed E-state index contributed by atoms with van der Waals surface area (Å²) in [5, 5.41) is 3.61. The van der Waals surface area contributed by atoms with Crippen molar-refractivity contribution in [3.05, 3.63) is 34.1 Å². The quantitative estimate of drug-likeness (QED) is 0.828. The van der Waals surface area contributed by atoms with Gasteiger partial charge >= 0.3 is 0 Å². The Morgan fingerprint density at radius 2 is 2.00 bits per heavy atom. The first-order valence-corrected chi connectivity index (χ1v) is 8.67. The molecule has 0 spiro atoms. The van der Waals surface area contributed by atoms with Crippen molar-refractivity contribution in [1.29, 1.82) is 0 Å². The molecule has 1 heterocycles. The van der Waals surface area contributed by atoms with Crippen molar-refractivity contribution in [2.24, 2.45) is 0 Å². The zero-order valence-corrected chi connectivity index (χ0v) is 14.8. The van der Waals surface area contributed by atoms with Gasteiger partial charge in [-0.2, -0.15) is 0 Å². The van der Waals surface area contributed by atoms with Gasteiger partial charge in [-0.1, -0.05) is 19.1 Å². The van der Waals surface area contributed by atoms with Gasteiger partial charge in [0.25, 0.3) is 0 Å². The number of likely N-dealkylation sites (tertiary alicyclic amines) is 1. The van der Waals surface area contributed by atoms with Gasteiger partial charge in [-0.15, -0.1) is 0 Å². The van der Waals surface area contributed by atoms with Crippen molar-refractivity contribution in [2.45, 2.75) is 51.6 Å². The lowest BCUT2D eigenvalue weighted by molar-refractivity contribution is 0.107. The van der Waals surface area contributed by atoms with E-state index in [0.29, 0.717) is 10.5 Å². The Labute approximate surface area is 136 Å². The molecule has 0 radical (unpaired) electrons. The van der Waals surface area contributed by atoms with Crippen LogP contribution in [0.15, 0.2) is 22.7 Å². The molecule has 2 rings (SSSR count). The van der Waals surface area contributed by atoms with E-state index in [1.807, 2.05) is 6.07 Å². The Morgan fingerprint density at radius 3 is 2.62 bits per heavy atom. The monoisotopic (exact) mass is 356 g/mol. The molecule has 21 heavy (non-hydrogen) atoms. The summed E-state index contributed by atoms with van der Waals surface area (Å²) < 4.78 is 14.3. The van der Waals surface area contributed by atoms with Crippen LogP contribution in [0.3, 0.4) is 0 Å². The number of hydrogen-bond acceptors (Lipinski definition) is 2. The Kier molecular flexibility index (Phi) is 5.81. The fourth-order valence-corrected chi connectivity index (χ4v) is 3.68. The lowest BCUT2D eigenvalue weighted by atomic mass is 9.87. The second kappa shape index (κ2) is 7.21. The zero-order chi connectivity index (χ0) is 15.5. The lowest BCUT2D eigenvalue weighted by Gasteiger charge is -2.43. The minimum Gasteiger partial charge on any atom is -0.312 e. The van der Waals surface area contributed by atoms with Crippen LogP contribution in [0.1, 0.15) is 39.2 Å².